The van der Waals surface area contributed by atoms with Crippen molar-refractivity contribution < 1.29 is 9.18 Å². The van der Waals surface area contributed by atoms with Crippen LogP contribution in [0.3, 0.4) is 0 Å². The van der Waals surface area contributed by atoms with Crippen LogP contribution in [0.1, 0.15) is 17.8 Å². The lowest BCUT2D eigenvalue weighted by Gasteiger charge is -2.33. The van der Waals surface area contributed by atoms with Crippen molar-refractivity contribution in [1.82, 2.24) is 15.2 Å². The average Bonchev–Trinajstić information content (AvgIpc) is 3.13. The van der Waals surface area contributed by atoms with Gasteiger partial charge in [0.05, 0.1) is 12.2 Å². The number of aromatic nitrogens is 1. The summed E-state index contributed by atoms with van der Waals surface area (Å²) in [6.07, 6.45) is 1.67. The molecule has 2 aliphatic rings. The predicted molar refractivity (Wildman–Crippen MR) is 87.4 cm³/mol. The van der Waals surface area contributed by atoms with E-state index in [0.29, 0.717) is 18.4 Å². The summed E-state index contributed by atoms with van der Waals surface area (Å²) in [4.78, 5) is 18.6. The molecule has 2 aliphatic heterocycles. The van der Waals surface area contributed by atoms with Crippen LogP contribution < -0.4 is 5.32 Å². The van der Waals surface area contributed by atoms with E-state index in [1.165, 1.54) is 12.1 Å². The standard InChI is InChI=1S/C17H18FN3OS/c18-13-3-1-11(2-4-13)15-10-23-17(20-15)9-21-6-5-14-12(8-21)7-16(22)19-14/h1-4,10,12,14H,5-9H2,(H,19,22)/t12-,14+/m1/s1. The van der Waals surface area contributed by atoms with Crippen molar-refractivity contribution in [2.24, 2.45) is 5.92 Å². The highest BCUT2D eigenvalue weighted by atomic mass is 32.1. The molecule has 0 aliphatic carbocycles. The van der Waals surface area contributed by atoms with Crippen molar-refractivity contribution in [2.45, 2.75) is 25.4 Å². The average molecular weight is 331 g/mol. The molecule has 23 heavy (non-hydrogen) atoms. The van der Waals surface area contributed by atoms with Gasteiger partial charge in [-0.05, 0) is 30.7 Å². The fraction of sp³-hybridized carbons (Fsp3) is 0.412. The number of thiazole rings is 1. The normalized spacial score (nSPS) is 24.5. The van der Waals surface area contributed by atoms with Crippen LogP contribution in [0, 0.1) is 11.7 Å². The number of piperidine rings is 1. The molecule has 1 aromatic carbocycles. The van der Waals surface area contributed by atoms with E-state index in [4.69, 9.17) is 0 Å². The number of hydrogen-bond acceptors (Lipinski definition) is 4. The number of nitrogens with one attached hydrogen (secondary N) is 1. The van der Waals surface area contributed by atoms with Crippen molar-refractivity contribution >= 4 is 17.2 Å². The maximum absolute atomic E-state index is 13.0. The van der Waals surface area contributed by atoms with E-state index in [9.17, 15) is 9.18 Å². The molecule has 6 heteroatoms. The number of nitrogens with zero attached hydrogens (tertiary/aromatic N) is 2. The quantitative estimate of drug-likeness (QED) is 0.940. The van der Waals surface area contributed by atoms with Gasteiger partial charge >= 0.3 is 0 Å². The Morgan fingerprint density at radius 3 is 3.00 bits per heavy atom. The van der Waals surface area contributed by atoms with E-state index < -0.39 is 0 Å². The van der Waals surface area contributed by atoms with Crippen LogP contribution in [0.5, 0.6) is 0 Å². The van der Waals surface area contributed by atoms with Crippen LogP contribution in [-0.4, -0.2) is 34.9 Å². The van der Waals surface area contributed by atoms with Crippen LogP contribution in [-0.2, 0) is 11.3 Å². The zero-order valence-corrected chi connectivity index (χ0v) is 13.5. The van der Waals surface area contributed by atoms with Gasteiger partial charge in [0.2, 0.25) is 5.91 Å². The lowest BCUT2D eigenvalue weighted by atomic mass is 9.93. The van der Waals surface area contributed by atoms with Crippen LogP contribution in [0.4, 0.5) is 4.39 Å². The number of likely N-dealkylation sites (tertiary alicyclic amines) is 1. The molecule has 2 saturated heterocycles. The number of carbonyl (C=O) groups excluding carboxylic acids is 1. The highest BCUT2D eigenvalue weighted by molar-refractivity contribution is 7.09. The van der Waals surface area contributed by atoms with Gasteiger partial charge in [0.15, 0.2) is 0 Å². The monoisotopic (exact) mass is 331 g/mol. The summed E-state index contributed by atoms with van der Waals surface area (Å²) >= 11 is 1.64. The zero-order chi connectivity index (χ0) is 15.8. The number of fused-ring (bicyclic) bond motifs is 1. The number of halogens is 1. The Hall–Kier alpha value is -1.79. The summed E-state index contributed by atoms with van der Waals surface area (Å²) in [5, 5.41) is 6.15. The van der Waals surface area contributed by atoms with Gasteiger partial charge in [-0.15, -0.1) is 11.3 Å². The van der Waals surface area contributed by atoms with E-state index in [2.05, 4.69) is 15.2 Å². The molecule has 120 valence electrons. The van der Waals surface area contributed by atoms with Crippen LogP contribution in [0.2, 0.25) is 0 Å². The molecule has 4 rings (SSSR count). The van der Waals surface area contributed by atoms with E-state index in [1.807, 2.05) is 5.38 Å². The third kappa shape index (κ3) is 3.14. The van der Waals surface area contributed by atoms with Gasteiger partial charge in [0.25, 0.3) is 0 Å². The Morgan fingerprint density at radius 2 is 2.17 bits per heavy atom. The largest absolute Gasteiger partial charge is 0.353 e. The minimum Gasteiger partial charge on any atom is -0.353 e. The maximum atomic E-state index is 13.0. The fourth-order valence-electron chi connectivity index (χ4n) is 3.48. The Bertz CT molecular complexity index is 715. The minimum atomic E-state index is -0.230. The molecule has 1 amide bonds. The van der Waals surface area contributed by atoms with Gasteiger partial charge in [-0.25, -0.2) is 9.37 Å². The highest BCUT2D eigenvalue weighted by Gasteiger charge is 2.36. The van der Waals surface area contributed by atoms with E-state index in [0.717, 1.165) is 42.3 Å². The van der Waals surface area contributed by atoms with Gasteiger partial charge in [0, 0.05) is 42.4 Å². The molecular weight excluding hydrogens is 313 g/mol. The Balaban J connectivity index is 1.42. The second kappa shape index (κ2) is 6.02. The molecule has 2 fully saturated rings. The first kappa shape index (κ1) is 14.8. The summed E-state index contributed by atoms with van der Waals surface area (Å²) in [7, 11) is 0. The Kier molecular flexibility index (Phi) is 3.87. The van der Waals surface area contributed by atoms with Crippen molar-refractivity contribution in [2.75, 3.05) is 13.1 Å². The Morgan fingerprint density at radius 1 is 1.35 bits per heavy atom. The van der Waals surface area contributed by atoms with Gasteiger partial charge in [-0.3, -0.25) is 9.69 Å². The first-order valence-corrected chi connectivity index (χ1v) is 8.77. The number of hydrogen-bond donors (Lipinski definition) is 1. The third-order valence-corrected chi connectivity index (χ3v) is 5.50. The third-order valence-electron chi connectivity index (χ3n) is 4.66. The molecule has 0 saturated carbocycles. The fourth-order valence-corrected chi connectivity index (χ4v) is 4.32. The second-order valence-electron chi connectivity index (χ2n) is 6.30. The molecule has 1 N–H and O–H groups in total. The lowest BCUT2D eigenvalue weighted by Crippen LogP contribution is -2.44. The van der Waals surface area contributed by atoms with E-state index in [1.54, 1.807) is 23.5 Å². The summed E-state index contributed by atoms with van der Waals surface area (Å²) in [6, 6.07) is 6.81. The summed E-state index contributed by atoms with van der Waals surface area (Å²) in [5.74, 6) is 0.397. The molecule has 0 radical (unpaired) electrons. The maximum Gasteiger partial charge on any atom is 0.220 e. The van der Waals surface area contributed by atoms with Crippen molar-refractivity contribution in [3.8, 4) is 11.3 Å². The number of rotatable bonds is 3. The Labute approximate surface area is 138 Å². The number of amides is 1. The van der Waals surface area contributed by atoms with Crippen LogP contribution in [0.15, 0.2) is 29.6 Å². The van der Waals surface area contributed by atoms with Crippen LogP contribution >= 0.6 is 11.3 Å². The van der Waals surface area contributed by atoms with Gasteiger partial charge in [-0.2, -0.15) is 0 Å². The smallest absolute Gasteiger partial charge is 0.220 e. The predicted octanol–water partition coefficient (Wildman–Crippen LogP) is 2.66. The summed E-state index contributed by atoms with van der Waals surface area (Å²) < 4.78 is 13.0. The van der Waals surface area contributed by atoms with E-state index >= 15 is 0 Å². The summed E-state index contributed by atoms with van der Waals surface area (Å²) in [5.41, 5.74) is 1.84. The molecule has 2 atom stereocenters. The van der Waals surface area contributed by atoms with E-state index in [-0.39, 0.29) is 11.7 Å². The van der Waals surface area contributed by atoms with Gasteiger partial charge in [0.1, 0.15) is 10.8 Å². The second-order valence-corrected chi connectivity index (χ2v) is 7.24. The minimum absolute atomic E-state index is 0.190. The lowest BCUT2D eigenvalue weighted by molar-refractivity contribution is -0.119. The highest BCUT2D eigenvalue weighted by Crippen LogP contribution is 2.28. The molecule has 3 heterocycles. The first-order valence-electron chi connectivity index (χ1n) is 7.89. The SMILES string of the molecule is O=C1C[C@@H]2CN(Cc3nc(-c4ccc(F)cc4)cs3)CC[C@@H]2N1. The van der Waals surface area contributed by atoms with Crippen LogP contribution in [0.25, 0.3) is 11.3 Å². The topological polar surface area (TPSA) is 45.2 Å². The van der Waals surface area contributed by atoms with Crippen molar-refractivity contribution in [1.29, 1.82) is 0 Å². The van der Waals surface area contributed by atoms with Gasteiger partial charge < -0.3 is 5.32 Å². The molecule has 1 aromatic heterocycles. The zero-order valence-electron chi connectivity index (χ0n) is 12.7. The number of benzene rings is 1. The molecule has 0 bridgehead atoms. The van der Waals surface area contributed by atoms with Gasteiger partial charge in [-0.1, -0.05) is 0 Å². The molecule has 0 unspecified atom stereocenters. The first-order chi connectivity index (χ1) is 11.2. The van der Waals surface area contributed by atoms with Crippen molar-refractivity contribution in [3.63, 3.8) is 0 Å². The molecule has 4 nitrogen and oxygen atoms in total. The van der Waals surface area contributed by atoms with Crippen molar-refractivity contribution in [3.05, 3.63) is 40.5 Å². The molecular formula is C17H18FN3OS. The molecule has 2 aromatic rings. The number of carbonyl (C=O) groups is 1. The molecule has 0 spiro atoms. The summed E-state index contributed by atoms with van der Waals surface area (Å²) in [6.45, 7) is 2.77.